The molecule has 118 valence electrons. The summed E-state index contributed by atoms with van der Waals surface area (Å²) in [5, 5.41) is 1.77. The average Bonchev–Trinajstić information content (AvgIpc) is 2.55. The van der Waals surface area contributed by atoms with E-state index in [9.17, 15) is 8.42 Å². The van der Waals surface area contributed by atoms with Crippen molar-refractivity contribution >= 4 is 49.1 Å². The fourth-order valence-electron chi connectivity index (χ4n) is 2.23. The fraction of sp³-hybridized carbons (Fsp3) is 0.0588. The molecule has 3 rings (SSSR count). The van der Waals surface area contributed by atoms with Crippen LogP contribution in [0.2, 0.25) is 0 Å². The molecule has 0 aliphatic carbocycles. The Morgan fingerprint density at radius 3 is 2.26 bits per heavy atom. The zero-order valence-electron chi connectivity index (χ0n) is 12.3. The Hall–Kier alpha value is -1.80. The zero-order chi connectivity index (χ0) is 16.4. The summed E-state index contributed by atoms with van der Waals surface area (Å²) in [6, 6.07) is 17.7. The molecule has 4 nitrogen and oxygen atoms in total. The van der Waals surface area contributed by atoms with Crippen molar-refractivity contribution in [2.75, 3.05) is 11.8 Å². The molecule has 0 aliphatic heterocycles. The molecular weight excluding hydrogens is 425 g/mol. The van der Waals surface area contributed by atoms with Gasteiger partial charge in [-0.2, -0.15) is 0 Å². The normalized spacial score (nSPS) is 11.4. The van der Waals surface area contributed by atoms with Crippen LogP contribution in [0.5, 0.6) is 5.75 Å². The second kappa shape index (κ2) is 6.37. The number of sulfonamides is 1. The summed E-state index contributed by atoms with van der Waals surface area (Å²) in [5.41, 5.74) is 0.542. The number of benzene rings is 3. The van der Waals surface area contributed by atoms with Crippen molar-refractivity contribution in [2.24, 2.45) is 0 Å². The van der Waals surface area contributed by atoms with Crippen molar-refractivity contribution < 1.29 is 13.2 Å². The number of ether oxygens (including phenoxy) is 1. The van der Waals surface area contributed by atoms with E-state index >= 15 is 0 Å². The minimum atomic E-state index is -3.62. The monoisotopic (exact) mass is 439 g/mol. The number of nitrogens with one attached hydrogen (secondary N) is 1. The van der Waals surface area contributed by atoms with Crippen molar-refractivity contribution in [1.82, 2.24) is 0 Å². The van der Waals surface area contributed by atoms with Crippen LogP contribution >= 0.6 is 22.6 Å². The molecule has 0 fully saturated rings. The standard InChI is InChI=1S/C17H14INO3S/c1-22-16-8-2-13-11-17(9-3-12(13)10-16)23(20,21)19-15-6-4-14(18)5-7-15/h2-11,19H,1H3. The molecule has 0 atom stereocenters. The summed E-state index contributed by atoms with van der Waals surface area (Å²) in [4.78, 5) is 0.230. The van der Waals surface area contributed by atoms with Crippen LogP contribution in [0.15, 0.2) is 65.6 Å². The molecule has 1 N–H and O–H groups in total. The predicted octanol–water partition coefficient (Wildman–Crippen LogP) is 4.25. The first-order valence-corrected chi connectivity index (χ1v) is 9.40. The lowest BCUT2D eigenvalue weighted by molar-refractivity contribution is 0.415. The van der Waals surface area contributed by atoms with Gasteiger partial charge in [-0.05, 0) is 81.9 Å². The van der Waals surface area contributed by atoms with Gasteiger partial charge in [-0.3, -0.25) is 4.72 Å². The Morgan fingerprint density at radius 1 is 0.913 bits per heavy atom. The molecule has 0 amide bonds. The fourth-order valence-corrected chi connectivity index (χ4v) is 3.68. The highest BCUT2D eigenvalue weighted by Gasteiger charge is 2.14. The average molecular weight is 439 g/mol. The van der Waals surface area contributed by atoms with Gasteiger partial charge in [-0.25, -0.2) is 8.42 Å². The van der Waals surface area contributed by atoms with Gasteiger partial charge in [-0.1, -0.05) is 12.1 Å². The molecule has 23 heavy (non-hydrogen) atoms. The van der Waals surface area contributed by atoms with E-state index in [-0.39, 0.29) is 4.90 Å². The SMILES string of the molecule is COc1ccc2cc(S(=O)(=O)Nc3ccc(I)cc3)ccc2c1. The van der Waals surface area contributed by atoms with Gasteiger partial charge in [0.15, 0.2) is 0 Å². The maximum Gasteiger partial charge on any atom is 0.261 e. The quantitative estimate of drug-likeness (QED) is 0.619. The third-order valence-corrected chi connectivity index (χ3v) is 5.52. The Bertz CT molecular complexity index is 953. The van der Waals surface area contributed by atoms with Crippen LogP contribution < -0.4 is 9.46 Å². The first kappa shape index (κ1) is 16.1. The smallest absolute Gasteiger partial charge is 0.261 e. The van der Waals surface area contributed by atoms with E-state index in [4.69, 9.17) is 4.74 Å². The Labute approximate surface area is 148 Å². The van der Waals surface area contributed by atoms with Gasteiger partial charge in [0.25, 0.3) is 10.0 Å². The highest BCUT2D eigenvalue weighted by Crippen LogP contribution is 2.25. The minimum Gasteiger partial charge on any atom is -0.497 e. The highest BCUT2D eigenvalue weighted by atomic mass is 127. The van der Waals surface area contributed by atoms with Crippen LogP contribution in [-0.2, 0) is 10.0 Å². The summed E-state index contributed by atoms with van der Waals surface area (Å²) in [5.74, 6) is 0.741. The van der Waals surface area contributed by atoms with Gasteiger partial charge in [0.05, 0.1) is 12.0 Å². The first-order valence-electron chi connectivity index (χ1n) is 6.84. The molecule has 0 aromatic heterocycles. The van der Waals surface area contributed by atoms with Crippen molar-refractivity contribution in [3.8, 4) is 5.75 Å². The van der Waals surface area contributed by atoms with Gasteiger partial charge in [0, 0.05) is 9.26 Å². The Balaban J connectivity index is 1.96. The molecule has 0 radical (unpaired) electrons. The van der Waals surface area contributed by atoms with E-state index < -0.39 is 10.0 Å². The second-order valence-corrected chi connectivity index (χ2v) is 7.92. The molecule has 0 unspecified atom stereocenters. The first-order chi connectivity index (χ1) is 11.0. The predicted molar refractivity (Wildman–Crippen MR) is 100 cm³/mol. The van der Waals surface area contributed by atoms with Crippen LogP contribution in [0.25, 0.3) is 10.8 Å². The van der Waals surface area contributed by atoms with Gasteiger partial charge >= 0.3 is 0 Å². The molecular formula is C17H14INO3S. The lowest BCUT2D eigenvalue weighted by Crippen LogP contribution is -2.12. The molecule has 0 aliphatic rings. The zero-order valence-corrected chi connectivity index (χ0v) is 15.3. The van der Waals surface area contributed by atoms with E-state index in [0.717, 1.165) is 20.1 Å². The summed E-state index contributed by atoms with van der Waals surface area (Å²) < 4.78 is 33.8. The number of rotatable bonds is 4. The van der Waals surface area contributed by atoms with Gasteiger partial charge in [0.1, 0.15) is 5.75 Å². The van der Waals surface area contributed by atoms with Crippen LogP contribution in [-0.4, -0.2) is 15.5 Å². The van der Waals surface area contributed by atoms with E-state index in [0.29, 0.717) is 5.69 Å². The van der Waals surface area contributed by atoms with Crippen LogP contribution in [0.3, 0.4) is 0 Å². The van der Waals surface area contributed by atoms with Gasteiger partial charge < -0.3 is 4.74 Å². The van der Waals surface area contributed by atoms with E-state index in [2.05, 4.69) is 27.3 Å². The molecule has 0 bridgehead atoms. The van der Waals surface area contributed by atoms with Crippen LogP contribution in [0, 0.1) is 3.57 Å². The summed E-state index contributed by atoms with van der Waals surface area (Å²) in [6.07, 6.45) is 0. The molecule has 0 saturated heterocycles. The molecule has 6 heteroatoms. The second-order valence-electron chi connectivity index (χ2n) is 4.99. The molecule has 0 heterocycles. The van der Waals surface area contributed by atoms with Crippen molar-refractivity contribution in [2.45, 2.75) is 4.90 Å². The maximum atomic E-state index is 12.5. The Kier molecular flexibility index (Phi) is 4.45. The third kappa shape index (κ3) is 3.59. The number of hydrogen-bond acceptors (Lipinski definition) is 3. The van der Waals surface area contributed by atoms with E-state index in [1.54, 1.807) is 37.4 Å². The largest absolute Gasteiger partial charge is 0.497 e. The van der Waals surface area contributed by atoms with Crippen molar-refractivity contribution in [1.29, 1.82) is 0 Å². The third-order valence-electron chi connectivity index (χ3n) is 3.43. The van der Waals surface area contributed by atoms with E-state index in [1.165, 1.54) is 0 Å². The lowest BCUT2D eigenvalue weighted by atomic mass is 10.1. The van der Waals surface area contributed by atoms with Gasteiger partial charge in [-0.15, -0.1) is 0 Å². The number of halogens is 1. The molecule has 0 saturated carbocycles. The number of anilines is 1. The summed E-state index contributed by atoms with van der Waals surface area (Å²) in [6.45, 7) is 0. The lowest BCUT2D eigenvalue weighted by Gasteiger charge is -2.09. The van der Waals surface area contributed by atoms with E-state index in [1.807, 2.05) is 30.3 Å². The van der Waals surface area contributed by atoms with Crippen LogP contribution in [0.1, 0.15) is 0 Å². The molecule has 3 aromatic rings. The van der Waals surface area contributed by atoms with Gasteiger partial charge in [0.2, 0.25) is 0 Å². The summed E-state index contributed by atoms with van der Waals surface area (Å²) in [7, 11) is -2.01. The number of fused-ring (bicyclic) bond motifs is 1. The van der Waals surface area contributed by atoms with Crippen molar-refractivity contribution in [3.63, 3.8) is 0 Å². The van der Waals surface area contributed by atoms with Crippen molar-refractivity contribution in [3.05, 3.63) is 64.2 Å². The summed E-state index contributed by atoms with van der Waals surface area (Å²) >= 11 is 2.17. The minimum absolute atomic E-state index is 0.230. The topological polar surface area (TPSA) is 55.4 Å². The maximum absolute atomic E-state index is 12.5. The number of methoxy groups -OCH3 is 1. The highest BCUT2D eigenvalue weighted by molar-refractivity contribution is 14.1. The number of hydrogen-bond donors (Lipinski definition) is 1. The van der Waals surface area contributed by atoms with Crippen LogP contribution in [0.4, 0.5) is 5.69 Å². The molecule has 3 aromatic carbocycles. The molecule has 0 spiro atoms. The Morgan fingerprint density at radius 2 is 1.57 bits per heavy atom.